The number of nitrogens with zero attached hydrogens (tertiary/aromatic N) is 3. The van der Waals surface area contributed by atoms with E-state index in [9.17, 15) is 9.59 Å². The van der Waals surface area contributed by atoms with Gasteiger partial charge in [0.25, 0.3) is 11.5 Å². The highest BCUT2D eigenvalue weighted by Gasteiger charge is 2.13. The van der Waals surface area contributed by atoms with Crippen molar-refractivity contribution in [3.8, 4) is 5.69 Å². The highest BCUT2D eigenvalue weighted by atomic mass is 35.5. The largest absolute Gasteiger partial charge is 0.372 e. The van der Waals surface area contributed by atoms with Crippen LogP contribution in [-0.2, 0) is 0 Å². The van der Waals surface area contributed by atoms with Gasteiger partial charge in [-0.3, -0.25) is 9.59 Å². The molecule has 0 spiro atoms. The van der Waals surface area contributed by atoms with Crippen molar-refractivity contribution in [1.29, 1.82) is 0 Å². The first kappa shape index (κ1) is 19.5. The molecule has 29 heavy (non-hydrogen) atoms. The number of halogens is 2. The molecule has 6 nitrogen and oxygen atoms in total. The summed E-state index contributed by atoms with van der Waals surface area (Å²) in [5, 5.41) is 6.86. The maximum atomic E-state index is 12.5. The highest BCUT2D eigenvalue weighted by molar-refractivity contribution is 6.41. The van der Waals surface area contributed by atoms with Crippen LogP contribution in [0.15, 0.2) is 59.5 Å². The number of carbonyl (C=O) groups excluding carboxylic acids is 1. The van der Waals surface area contributed by atoms with Crippen LogP contribution in [-0.4, -0.2) is 28.8 Å². The van der Waals surface area contributed by atoms with Gasteiger partial charge < -0.3 is 10.2 Å². The highest BCUT2D eigenvalue weighted by Crippen LogP contribution is 2.22. The van der Waals surface area contributed by atoms with Crippen molar-refractivity contribution in [3.63, 3.8) is 0 Å². The molecular formula is C21H18Cl2N4O2. The first-order chi connectivity index (χ1) is 14.0. The van der Waals surface area contributed by atoms with E-state index in [0.29, 0.717) is 11.3 Å². The number of anilines is 2. The van der Waals surface area contributed by atoms with Gasteiger partial charge in [-0.15, -0.1) is 0 Å². The van der Waals surface area contributed by atoms with E-state index in [2.05, 4.69) is 15.3 Å². The molecule has 1 aromatic heterocycles. The number of rotatable bonds is 4. The third-order valence-corrected chi connectivity index (χ3v) is 5.60. The summed E-state index contributed by atoms with van der Waals surface area (Å²) in [6.07, 6.45) is 3.74. The van der Waals surface area contributed by atoms with Gasteiger partial charge >= 0.3 is 0 Å². The van der Waals surface area contributed by atoms with Crippen LogP contribution in [0.25, 0.3) is 5.69 Å². The summed E-state index contributed by atoms with van der Waals surface area (Å²) in [5.74, 6) is -0.236. The summed E-state index contributed by atoms with van der Waals surface area (Å²) < 4.78 is 1.13. The maximum Gasteiger partial charge on any atom is 0.291 e. The third-order valence-electron chi connectivity index (χ3n) is 4.85. The van der Waals surface area contributed by atoms with Gasteiger partial charge in [0.05, 0.1) is 16.9 Å². The van der Waals surface area contributed by atoms with E-state index in [-0.39, 0.29) is 16.0 Å². The predicted octanol–water partition coefficient (Wildman–Crippen LogP) is 4.39. The maximum absolute atomic E-state index is 12.5. The van der Waals surface area contributed by atoms with Gasteiger partial charge in [-0.25, -0.2) is 0 Å². The van der Waals surface area contributed by atoms with Crippen LogP contribution in [0.1, 0.15) is 23.2 Å². The Morgan fingerprint density at radius 2 is 1.55 bits per heavy atom. The second kappa shape index (κ2) is 8.27. The standard InChI is InChI=1S/C21H18Cl2N4O2/c22-18-13-24-27(21(29)19(18)23)17-7-3-14(4-8-17)20(28)25-15-5-9-16(10-6-15)26-11-1-2-12-26/h3-10,13H,1-2,11-12H2,(H,25,28). The molecule has 0 saturated carbocycles. The van der Waals surface area contributed by atoms with E-state index in [1.165, 1.54) is 24.7 Å². The number of carbonyl (C=O) groups is 1. The van der Waals surface area contributed by atoms with Gasteiger partial charge in [-0.1, -0.05) is 23.2 Å². The average Bonchev–Trinajstić information content (AvgIpc) is 3.28. The molecule has 1 amide bonds. The molecule has 1 N–H and O–H groups in total. The van der Waals surface area contributed by atoms with E-state index >= 15 is 0 Å². The lowest BCUT2D eigenvalue weighted by atomic mass is 10.2. The second-order valence-electron chi connectivity index (χ2n) is 6.77. The predicted molar refractivity (Wildman–Crippen MR) is 116 cm³/mol. The summed E-state index contributed by atoms with van der Waals surface area (Å²) >= 11 is 11.7. The molecule has 0 bridgehead atoms. The minimum absolute atomic E-state index is 0.0964. The van der Waals surface area contributed by atoms with E-state index in [1.54, 1.807) is 24.3 Å². The molecule has 3 aromatic rings. The zero-order valence-corrected chi connectivity index (χ0v) is 17.0. The normalized spacial score (nSPS) is 13.5. The first-order valence-electron chi connectivity index (χ1n) is 9.23. The van der Waals surface area contributed by atoms with Crippen molar-refractivity contribution in [2.45, 2.75) is 12.8 Å². The van der Waals surface area contributed by atoms with E-state index < -0.39 is 5.56 Å². The van der Waals surface area contributed by atoms with Crippen molar-refractivity contribution in [3.05, 3.63) is 80.7 Å². The molecule has 8 heteroatoms. The first-order valence-corrected chi connectivity index (χ1v) is 9.99. The van der Waals surface area contributed by atoms with Crippen molar-refractivity contribution in [1.82, 2.24) is 9.78 Å². The molecule has 0 atom stereocenters. The number of hydrogen-bond donors (Lipinski definition) is 1. The molecule has 1 aliphatic heterocycles. The minimum atomic E-state index is -0.519. The summed E-state index contributed by atoms with van der Waals surface area (Å²) in [7, 11) is 0. The molecule has 1 aliphatic rings. The topological polar surface area (TPSA) is 67.2 Å². The molecule has 1 fully saturated rings. The number of hydrogen-bond acceptors (Lipinski definition) is 4. The van der Waals surface area contributed by atoms with E-state index in [1.807, 2.05) is 24.3 Å². The SMILES string of the molecule is O=C(Nc1ccc(N2CCCC2)cc1)c1ccc(-n2ncc(Cl)c(Cl)c2=O)cc1. The number of aromatic nitrogens is 2. The fraction of sp³-hybridized carbons (Fsp3) is 0.190. The van der Waals surface area contributed by atoms with Crippen molar-refractivity contribution < 1.29 is 4.79 Å². The average molecular weight is 429 g/mol. The van der Waals surface area contributed by atoms with Crippen LogP contribution in [0.3, 0.4) is 0 Å². The summed E-state index contributed by atoms with van der Waals surface area (Å²) in [6.45, 7) is 2.16. The molecular weight excluding hydrogens is 411 g/mol. The molecule has 148 valence electrons. The lowest BCUT2D eigenvalue weighted by Crippen LogP contribution is -2.21. The number of nitrogens with one attached hydrogen (secondary N) is 1. The number of amides is 1. The molecule has 2 heterocycles. The van der Waals surface area contributed by atoms with Crippen LogP contribution < -0.4 is 15.8 Å². The van der Waals surface area contributed by atoms with Crippen LogP contribution in [0.5, 0.6) is 0 Å². The van der Waals surface area contributed by atoms with Gasteiger partial charge in [0.15, 0.2) is 0 Å². The van der Waals surface area contributed by atoms with Gasteiger partial charge in [0.2, 0.25) is 0 Å². The lowest BCUT2D eigenvalue weighted by molar-refractivity contribution is 0.102. The van der Waals surface area contributed by atoms with Crippen LogP contribution in [0, 0.1) is 0 Å². The zero-order valence-electron chi connectivity index (χ0n) is 15.4. The molecule has 0 unspecified atom stereocenters. The van der Waals surface area contributed by atoms with E-state index in [4.69, 9.17) is 23.2 Å². The quantitative estimate of drug-likeness (QED) is 0.668. The summed E-state index contributed by atoms with van der Waals surface area (Å²) in [4.78, 5) is 27.0. The molecule has 0 aliphatic carbocycles. The van der Waals surface area contributed by atoms with Gasteiger partial charge in [0.1, 0.15) is 5.02 Å². The van der Waals surface area contributed by atoms with Gasteiger partial charge in [-0.05, 0) is 61.4 Å². The molecule has 1 saturated heterocycles. The Morgan fingerprint density at radius 3 is 2.21 bits per heavy atom. The van der Waals surface area contributed by atoms with Gasteiger partial charge in [-0.2, -0.15) is 9.78 Å². The van der Waals surface area contributed by atoms with Crippen molar-refractivity contribution in [2.24, 2.45) is 0 Å². The minimum Gasteiger partial charge on any atom is -0.372 e. The summed E-state index contributed by atoms with van der Waals surface area (Å²) in [6, 6.07) is 14.4. The Kier molecular flexibility index (Phi) is 5.56. The molecule has 4 rings (SSSR count). The Bertz CT molecular complexity index is 1090. The molecule has 0 radical (unpaired) electrons. The Hall–Kier alpha value is -2.83. The van der Waals surface area contributed by atoms with Crippen LogP contribution in [0.4, 0.5) is 11.4 Å². The van der Waals surface area contributed by atoms with Crippen LogP contribution in [0.2, 0.25) is 10.0 Å². The zero-order chi connectivity index (χ0) is 20.4. The second-order valence-corrected chi connectivity index (χ2v) is 7.55. The van der Waals surface area contributed by atoms with Crippen molar-refractivity contribution >= 4 is 40.5 Å². The van der Waals surface area contributed by atoms with E-state index in [0.717, 1.165) is 23.5 Å². The third kappa shape index (κ3) is 4.13. The number of benzene rings is 2. The Balaban J connectivity index is 1.47. The van der Waals surface area contributed by atoms with Crippen molar-refractivity contribution in [2.75, 3.05) is 23.3 Å². The molecule has 2 aromatic carbocycles. The fourth-order valence-corrected chi connectivity index (χ4v) is 3.54. The lowest BCUT2D eigenvalue weighted by Gasteiger charge is -2.17. The summed E-state index contributed by atoms with van der Waals surface area (Å²) in [5.41, 5.74) is 2.33. The fourth-order valence-electron chi connectivity index (χ4n) is 3.28. The van der Waals surface area contributed by atoms with Gasteiger partial charge in [0, 0.05) is 30.0 Å². The Morgan fingerprint density at radius 1 is 0.931 bits per heavy atom. The smallest absolute Gasteiger partial charge is 0.291 e. The Labute approximate surface area is 177 Å². The monoisotopic (exact) mass is 428 g/mol. The van der Waals surface area contributed by atoms with Crippen LogP contribution >= 0.6 is 23.2 Å².